The van der Waals surface area contributed by atoms with Gasteiger partial charge in [0.1, 0.15) is 6.04 Å². The summed E-state index contributed by atoms with van der Waals surface area (Å²) in [7, 11) is 0. The Labute approximate surface area is 120 Å². The molecule has 0 radical (unpaired) electrons. The van der Waals surface area contributed by atoms with Gasteiger partial charge in [-0.1, -0.05) is 6.92 Å². The van der Waals surface area contributed by atoms with E-state index in [-0.39, 0.29) is 30.4 Å². The van der Waals surface area contributed by atoms with Crippen molar-refractivity contribution < 1.29 is 14.7 Å². The molecule has 0 aromatic heterocycles. The maximum absolute atomic E-state index is 12.6. The number of rotatable bonds is 4. The number of piperidine rings is 1. The number of aliphatic hydroxyl groups is 1. The smallest absolute Gasteiger partial charge is 0.245 e. The standard InChI is InChI=1S/C15H26N2O3/c1-2-5-14(19)17-8-4-3-6-13(17)15(20)16-9-7-12(10-16)11-18/h12-13,18H,2-11H2,1H3. The summed E-state index contributed by atoms with van der Waals surface area (Å²) in [6, 6.07) is -0.264. The first-order valence-corrected chi connectivity index (χ1v) is 7.86. The number of carbonyl (C=O) groups excluding carboxylic acids is 2. The molecule has 0 aromatic carbocycles. The molecular formula is C15H26N2O3. The Kier molecular flexibility index (Phi) is 5.40. The number of aliphatic hydroxyl groups excluding tert-OH is 1. The molecule has 1 N–H and O–H groups in total. The van der Waals surface area contributed by atoms with E-state index in [2.05, 4.69) is 0 Å². The van der Waals surface area contributed by atoms with E-state index in [1.807, 2.05) is 11.8 Å². The highest BCUT2D eigenvalue weighted by atomic mass is 16.3. The average Bonchev–Trinajstić information content (AvgIpc) is 2.95. The lowest BCUT2D eigenvalue weighted by Crippen LogP contribution is -2.52. The van der Waals surface area contributed by atoms with Crippen molar-refractivity contribution in [3.8, 4) is 0 Å². The minimum atomic E-state index is -0.264. The van der Waals surface area contributed by atoms with E-state index < -0.39 is 0 Å². The van der Waals surface area contributed by atoms with Gasteiger partial charge in [0.2, 0.25) is 11.8 Å². The molecule has 5 nitrogen and oxygen atoms in total. The van der Waals surface area contributed by atoms with Crippen LogP contribution in [0.4, 0.5) is 0 Å². The lowest BCUT2D eigenvalue weighted by Gasteiger charge is -2.37. The second kappa shape index (κ2) is 7.07. The monoisotopic (exact) mass is 282 g/mol. The van der Waals surface area contributed by atoms with Crippen molar-refractivity contribution in [1.82, 2.24) is 9.80 Å². The van der Waals surface area contributed by atoms with Gasteiger partial charge in [-0.3, -0.25) is 9.59 Å². The number of amides is 2. The molecule has 2 amide bonds. The first-order chi connectivity index (χ1) is 9.67. The Hall–Kier alpha value is -1.10. The molecule has 2 heterocycles. The molecule has 2 atom stereocenters. The molecule has 0 bridgehead atoms. The van der Waals surface area contributed by atoms with Crippen LogP contribution in [-0.4, -0.2) is 59.0 Å². The van der Waals surface area contributed by atoms with E-state index in [9.17, 15) is 14.7 Å². The fraction of sp³-hybridized carbons (Fsp3) is 0.867. The Morgan fingerprint density at radius 3 is 2.65 bits per heavy atom. The third-order valence-corrected chi connectivity index (χ3v) is 4.43. The van der Waals surface area contributed by atoms with Gasteiger partial charge in [0.05, 0.1) is 0 Å². The maximum Gasteiger partial charge on any atom is 0.245 e. The molecule has 0 saturated carbocycles. The quantitative estimate of drug-likeness (QED) is 0.837. The van der Waals surface area contributed by atoms with E-state index in [1.54, 1.807) is 4.90 Å². The molecule has 0 aliphatic carbocycles. The van der Waals surface area contributed by atoms with Gasteiger partial charge in [0, 0.05) is 38.6 Å². The van der Waals surface area contributed by atoms with Crippen molar-refractivity contribution in [2.45, 2.75) is 51.5 Å². The zero-order valence-corrected chi connectivity index (χ0v) is 12.4. The van der Waals surface area contributed by atoms with E-state index in [0.717, 1.165) is 38.6 Å². The minimum Gasteiger partial charge on any atom is -0.396 e. The van der Waals surface area contributed by atoms with Crippen LogP contribution in [0.3, 0.4) is 0 Å². The van der Waals surface area contributed by atoms with Crippen molar-refractivity contribution in [3.05, 3.63) is 0 Å². The SMILES string of the molecule is CCCC(=O)N1CCCCC1C(=O)N1CCC(CO)C1. The fourth-order valence-electron chi connectivity index (χ4n) is 3.24. The van der Waals surface area contributed by atoms with Crippen molar-refractivity contribution in [1.29, 1.82) is 0 Å². The summed E-state index contributed by atoms with van der Waals surface area (Å²) in [6.45, 7) is 4.21. The van der Waals surface area contributed by atoms with Crippen LogP contribution in [0.1, 0.15) is 45.4 Å². The summed E-state index contributed by atoms with van der Waals surface area (Å²) in [5.74, 6) is 0.413. The number of likely N-dealkylation sites (tertiary alicyclic amines) is 2. The number of carbonyl (C=O) groups is 2. The average molecular weight is 282 g/mol. The zero-order valence-electron chi connectivity index (χ0n) is 12.4. The minimum absolute atomic E-state index is 0.0881. The van der Waals surface area contributed by atoms with Crippen LogP contribution in [-0.2, 0) is 9.59 Å². The van der Waals surface area contributed by atoms with Crippen LogP contribution >= 0.6 is 0 Å². The van der Waals surface area contributed by atoms with Crippen LogP contribution in [0.5, 0.6) is 0 Å². The maximum atomic E-state index is 12.6. The lowest BCUT2D eigenvalue weighted by atomic mass is 10.00. The van der Waals surface area contributed by atoms with Gasteiger partial charge in [-0.15, -0.1) is 0 Å². The van der Waals surface area contributed by atoms with Gasteiger partial charge >= 0.3 is 0 Å². The Bertz CT molecular complexity index is 359. The van der Waals surface area contributed by atoms with Crippen LogP contribution in [0.25, 0.3) is 0 Å². The second-order valence-corrected chi connectivity index (χ2v) is 5.97. The Balaban J connectivity index is 2.00. The van der Waals surface area contributed by atoms with Gasteiger partial charge in [0.15, 0.2) is 0 Å². The fourth-order valence-corrected chi connectivity index (χ4v) is 3.24. The summed E-state index contributed by atoms with van der Waals surface area (Å²) in [5, 5.41) is 9.18. The normalized spacial score (nSPS) is 26.9. The van der Waals surface area contributed by atoms with E-state index in [1.165, 1.54) is 0 Å². The number of hydrogen-bond donors (Lipinski definition) is 1. The molecule has 2 aliphatic heterocycles. The Morgan fingerprint density at radius 1 is 1.20 bits per heavy atom. The number of nitrogens with zero attached hydrogens (tertiary/aromatic N) is 2. The van der Waals surface area contributed by atoms with Crippen molar-refractivity contribution >= 4 is 11.8 Å². The predicted octanol–water partition coefficient (Wildman–Crippen LogP) is 1.01. The van der Waals surface area contributed by atoms with E-state index >= 15 is 0 Å². The molecule has 2 fully saturated rings. The molecule has 0 aromatic rings. The van der Waals surface area contributed by atoms with Crippen LogP contribution in [0.2, 0.25) is 0 Å². The predicted molar refractivity (Wildman–Crippen MR) is 76.0 cm³/mol. The highest BCUT2D eigenvalue weighted by molar-refractivity contribution is 5.88. The molecule has 20 heavy (non-hydrogen) atoms. The molecule has 0 spiro atoms. The van der Waals surface area contributed by atoms with E-state index in [0.29, 0.717) is 19.5 Å². The van der Waals surface area contributed by atoms with E-state index in [4.69, 9.17) is 0 Å². The second-order valence-electron chi connectivity index (χ2n) is 5.97. The van der Waals surface area contributed by atoms with Crippen LogP contribution in [0.15, 0.2) is 0 Å². The summed E-state index contributed by atoms with van der Waals surface area (Å²) >= 11 is 0. The van der Waals surface area contributed by atoms with Gasteiger partial charge in [0.25, 0.3) is 0 Å². The van der Waals surface area contributed by atoms with Gasteiger partial charge in [-0.2, -0.15) is 0 Å². The van der Waals surface area contributed by atoms with Gasteiger partial charge in [-0.25, -0.2) is 0 Å². The summed E-state index contributed by atoms with van der Waals surface area (Å²) < 4.78 is 0. The van der Waals surface area contributed by atoms with Gasteiger partial charge in [-0.05, 0) is 32.1 Å². The molecule has 2 saturated heterocycles. The molecular weight excluding hydrogens is 256 g/mol. The first kappa shape index (κ1) is 15.3. The third kappa shape index (κ3) is 3.32. The largest absolute Gasteiger partial charge is 0.396 e. The molecule has 2 aliphatic rings. The van der Waals surface area contributed by atoms with Crippen molar-refractivity contribution in [2.75, 3.05) is 26.2 Å². The third-order valence-electron chi connectivity index (χ3n) is 4.43. The van der Waals surface area contributed by atoms with Crippen molar-refractivity contribution in [3.63, 3.8) is 0 Å². The molecule has 114 valence electrons. The topological polar surface area (TPSA) is 60.9 Å². The summed E-state index contributed by atoms with van der Waals surface area (Å²) in [4.78, 5) is 28.4. The first-order valence-electron chi connectivity index (χ1n) is 7.86. The molecule has 2 unspecified atom stereocenters. The Morgan fingerprint density at radius 2 is 2.00 bits per heavy atom. The highest BCUT2D eigenvalue weighted by Gasteiger charge is 2.36. The van der Waals surface area contributed by atoms with Crippen molar-refractivity contribution in [2.24, 2.45) is 5.92 Å². The summed E-state index contributed by atoms with van der Waals surface area (Å²) in [5.41, 5.74) is 0. The zero-order chi connectivity index (χ0) is 14.5. The lowest BCUT2D eigenvalue weighted by molar-refractivity contribution is -0.147. The molecule has 5 heteroatoms. The van der Waals surface area contributed by atoms with Crippen LogP contribution < -0.4 is 0 Å². The number of hydrogen-bond acceptors (Lipinski definition) is 3. The molecule has 2 rings (SSSR count). The van der Waals surface area contributed by atoms with Gasteiger partial charge < -0.3 is 14.9 Å². The highest BCUT2D eigenvalue weighted by Crippen LogP contribution is 2.23. The summed E-state index contributed by atoms with van der Waals surface area (Å²) in [6.07, 6.45) is 5.03. The van der Waals surface area contributed by atoms with Crippen LogP contribution in [0, 0.1) is 5.92 Å².